The van der Waals surface area contributed by atoms with E-state index in [2.05, 4.69) is 41.5 Å². The minimum absolute atomic E-state index is 0.288. The van der Waals surface area contributed by atoms with Gasteiger partial charge in [0.05, 0.1) is 10.2 Å². The fraction of sp³-hybridized carbons (Fsp3) is 0.350. The normalized spacial score (nSPS) is 11.0. The third-order valence-electron chi connectivity index (χ3n) is 4.11. The number of phenolic OH excluding ortho intramolecular Hbond substituents is 1. The number of nitrogens with one attached hydrogen (secondary N) is 1. The second-order valence-corrected chi connectivity index (χ2v) is 7.12. The second kappa shape index (κ2) is 8.15. The highest BCUT2D eigenvalue weighted by Gasteiger charge is 2.07. The van der Waals surface area contributed by atoms with E-state index in [0.29, 0.717) is 0 Å². The van der Waals surface area contributed by atoms with Gasteiger partial charge in [-0.2, -0.15) is 0 Å². The Bertz CT molecular complexity index is 780. The van der Waals surface area contributed by atoms with Gasteiger partial charge in [0.2, 0.25) is 0 Å². The van der Waals surface area contributed by atoms with E-state index >= 15 is 0 Å². The molecule has 0 fully saturated rings. The van der Waals surface area contributed by atoms with Gasteiger partial charge in [-0.05, 0) is 48.9 Å². The zero-order valence-corrected chi connectivity index (χ0v) is 14.9. The number of rotatable bonds is 8. The lowest BCUT2D eigenvalue weighted by Gasteiger charge is -2.06. The number of thiazole rings is 1. The van der Waals surface area contributed by atoms with Crippen LogP contribution in [-0.4, -0.2) is 16.6 Å². The molecule has 0 bridgehead atoms. The summed E-state index contributed by atoms with van der Waals surface area (Å²) in [4.78, 5) is 4.64. The topological polar surface area (TPSA) is 45.2 Å². The summed E-state index contributed by atoms with van der Waals surface area (Å²) in [6, 6.07) is 13.8. The molecule has 0 aliphatic rings. The van der Waals surface area contributed by atoms with Crippen LogP contribution in [0.1, 0.15) is 39.0 Å². The molecule has 3 nitrogen and oxygen atoms in total. The highest BCUT2D eigenvalue weighted by Crippen LogP contribution is 2.32. The predicted octanol–water partition coefficient (Wildman–Crippen LogP) is 6.05. The van der Waals surface area contributed by atoms with Gasteiger partial charge in [0.1, 0.15) is 10.8 Å². The smallest absolute Gasteiger partial charge is 0.124 e. The highest BCUT2D eigenvalue weighted by atomic mass is 32.1. The maximum atomic E-state index is 9.57. The number of fused-ring (bicyclic) bond motifs is 1. The first-order valence-electron chi connectivity index (χ1n) is 8.70. The maximum absolute atomic E-state index is 9.57. The Morgan fingerprint density at radius 1 is 1.00 bits per heavy atom. The molecule has 1 heterocycles. The lowest BCUT2D eigenvalue weighted by molar-refractivity contribution is 0.476. The van der Waals surface area contributed by atoms with Crippen LogP contribution in [-0.2, 0) is 0 Å². The Morgan fingerprint density at radius 3 is 2.58 bits per heavy atom. The summed E-state index contributed by atoms with van der Waals surface area (Å²) >= 11 is 1.61. The third-order valence-corrected chi connectivity index (χ3v) is 5.18. The second-order valence-electron chi connectivity index (χ2n) is 6.09. The largest absolute Gasteiger partial charge is 0.508 e. The number of aromatic nitrogens is 1. The summed E-state index contributed by atoms with van der Waals surface area (Å²) in [7, 11) is 0. The zero-order valence-electron chi connectivity index (χ0n) is 14.1. The van der Waals surface area contributed by atoms with Gasteiger partial charge >= 0.3 is 0 Å². The molecule has 0 amide bonds. The van der Waals surface area contributed by atoms with Crippen LogP contribution in [0.5, 0.6) is 5.75 Å². The van der Waals surface area contributed by atoms with E-state index in [1.165, 1.54) is 32.1 Å². The SMILES string of the molecule is CCCCCCCNc1ccc(-c2nc3ccc(O)cc3s2)cc1. The number of nitrogens with zero attached hydrogens (tertiary/aromatic N) is 1. The number of aromatic hydroxyl groups is 1. The van der Waals surface area contributed by atoms with Crippen molar-refractivity contribution in [3.8, 4) is 16.3 Å². The molecular weight excluding hydrogens is 316 g/mol. The van der Waals surface area contributed by atoms with Crippen LogP contribution in [0.3, 0.4) is 0 Å². The van der Waals surface area contributed by atoms with Crippen LogP contribution in [0.25, 0.3) is 20.8 Å². The lowest BCUT2D eigenvalue weighted by atomic mass is 10.1. The maximum Gasteiger partial charge on any atom is 0.124 e. The standard InChI is InChI=1S/C20H24N2OS/c1-2-3-4-5-6-13-21-16-9-7-15(8-10-16)20-22-18-12-11-17(23)14-19(18)24-20/h7-12,14,21,23H,2-6,13H2,1H3. The zero-order chi connectivity index (χ0) is 16.8. The minimum atomic E-state index is 0.288. The number of unbranched alkanes of at least 4 members (excludes halogenated alkanes) is 4. The van der Waals surface area contributed by atoms with E-state index < -0.39 is 0 Å². The molecule has 4 heteroatoms. The summed E-state index contributed by atoms with van der Waals surface area (Å²) in [5.41, 5.74) is 3.21. The van der Waals surface area contributed by atoms with Crippen LogP contribution in [0.15, 0.2) is 42.5 Å². The lowest BCUT2D eigenvalue weighted by Crippen LogP contribution is -2.01. The van der Waals surface area contributed by atoms with Crippen molar-refractivity contribution in [2.24, 2.45) is 0 Å². The van der Waals surface area contributed by atoms with Crippen molar-refractivity contribution in [2.75, 3.05) is 11.9 Å². The van der Waals surface area contributed by atoms with Crippen molar-refractivity contribution >= 4 is 27.2 Å². The Kier molecular flexibility index (Phi) is 5.70. The summed E-state index contributed by atoms with van der Waals surface area (Å²) in [6.45, 7) is 3.28. The molecule has 1 aromatic heterocycles. The molecule has 2 N–H and O–H groups in total. The molecule has 0 saturated carbocycles. The van der Waals surface area contributed by atoms with Gasteiger partial charge in [-0.3, -0.25) is 0 Å². The van der Waals surface area contributed by atoms with Crippen LogP contribution in [0, 0.1) is 0 Å². The Balaban J connectivity index is 1.59. The summed E-state index contributed by atoms with van der Waals surface area (Å²) in [5.74, 6) is 0.288. The average molecular weight is 340 g/mol. The quantitative estimate of drug-likeness (QED) is 0.491. The van der Waals surface area contributed by atoms with Crippen molar-refractivity contribution in [3.63, 3.8) is 0 Å². The average Bonchev–Trinajstić information content (AvgIpc) is 3.01. The van der Waals surface area contributed by atoms with E-state index in [-0.39, 0.29) is 5.75 Å². The van der Waals surface area contributed by atoms with Crippen LogP contribution < -0.4 is 5.32 Å². The van der Waals surface area contributed by atoms with E-state index in [1.54, 1.807) is 23.5 Å². The summed E-state index contributed by atoms with van der Waals surface area (Å²) < 4.78 is 1.01. The molecule has 0 atom stereocenters. The molecule has 0 aliphatic heterocycles. The molecule has 0 radical (unpaired) electrons. The van der Waals surface area contributed by atoms with Gasteiger partial charge < -0.3 is 10.4 Å². The van der Waals surface area contributed by atoms with Gasteiger partial charge in [-0.15, -0.1) is 11.3 Å². The highest BCUT2D eigenvalue weighted by molar-refractivity contribution is 7.21. The fourth-order valence-electron chi connectivity index (χ4n) is 2.73. The predicted molar refractivity (Wildman–Crippen MR) is 104 cm³/mol. The summed E-state index contributed by atoms with van der Waals surface area (Å²) in [5, 5.41) is 14.0. The van der Waals surface area contributed by atoms with Crippen LogP contribution >= 0.6 is 11.3 Å². The first-order chi connectivity index (χ1) is 11.8. The van der Waals surface area contributed by atoms with Crippen LogP contribution in [0.4, 0.5) is 5.69 Å². The molecule has 0 saturated heterocycles. The van der Waals surface area contributed by atoms with Crippen LogP contribution in [0.2, 0.25) is 0 Å². The van der Waals surface area contributed by atoms with Gasteiger partial charge in [0.25, 0.3) is 0 Å². The number of benzene rings is 2. The summed E-state index contributed by atoms with van der Waals surface area (Å²) in [6.07, 6.45) is 6.50. The minimum Gasteiger partial charge on any atom is -0.508 e. The van der Waals surface area contributed by atoms with Gasteiger partial charge in [0.15, 0.2) is 0 Å². The first-order valence-corrected chi connectivity index (χ1v) is 9.52. The van der Waals surface area contributed by atoms with Crippen molar-refractivity contribution in [1.29, 1.82) is 0 Å². The number of hydrogen-bond donors (Lipinski definition) is 2. The Labute approximate surface area is 147 Å². The van der Waals surface area contributed by atoms with E-state index in [0.717, 1.165) is 33.0 Å². The first kappa shape index (κ1) is 16.8. The third kappa shape index (κ3) is 4.26. The Hall–Kier alpha value is -2.07. The number of hydrogen-bond acceptors (Lipinski definition) is 4. The van der Waals surface area contributed by atoms with E-state index in [9.17, 15) is 5.11 Å². The molecule has 0 unspecified atom stereocenters. The Morgan fingerprint density at radius 2 is 1.79 bits per heavy atom. The van der Waals surface area contributed by atoms with Crippen molar-refractivity contribution in [1.82, 2.24) is 4.98 Å². The molecule has 0 aliphatic carbocycles. The van der Waals surface area contributed by atoms with Crippen molar-refractivity contribution in [3.05, 3.63) is 42.5 Å². The molecule has 24 heavy (non-hydrogen) atoms. The van der Waals surface area contributed by atoms with E-state index in [1.807, 2.05) is 6.07 Å². The molecule has 126 valence electrons. The van der Waals surface area contributed by atoms with E-state index in [4.69, 9.17) is 0 Å². The molecular formula is C20H24N2OS. The molecule has 2 aromatic carbocycles. The monoisotopic (exact) mass is 340 g/mol. The van der Waals surface area contributed by atoms with Crippen molar-refractivity contribution < 1.29 is 5.11 Å². The number of phenols is 1. The number of anilines is 1. The van der Waals surface area contributed by atoms with Gasteiger partial charge in [-0.25, -0.2) is 4.98 Å². The molecule has 3 rings (SSSR count). The van der Waals surface area contributed by atoms with Gasteiger partial charge in [0, 0.05) is 17.8 Å². The molecule has 3 aromatic rings. The van der Waals surface area contributed by atoms with Crippen molar-refractivity contribution in [2.45, 2.75) is 39.0 Å². The van der Waals surface area contributed by atoms with Gasteiger partial charge in [-0.1, -0.05) is 32.6 Å². The fourth-order valence-corrected chi connectivity index (χ4v) is 3.73. The molecule has 0 spiro atoms.